The molecule has 0 N–H and O–H groups in total. The van der Waals surface area contributed by atoms with Gasteiger partial charge in [-0.1, -0.05) is 66.7 Å². The molecule has 0 aliphatic rings. The van der Waals surface area contributed by atoms with Crippen LogP contribution >= 0.6 is 11.3 Å². The van der Waals surface area contributed by atoms with Gasteiger partial charge < -0.3 is 4.57 Å². The SMILES string of the molecule is Cn1c2ccc(-c3ccc4c(c3)sc3ccccc34)cc2c2c3ccccc3ccc21. The van der Waals surface area contributed by atoms with Gasteiger partial charge in [0.2, 0.25) is 0 Å². The number of aromatic nitrogens is 1. The number of thiophene rings is 1. The van der Waals surface area contributed by atoms with Gasteiger partial charge in [-0.3, -0.25) is 0 Å². The Morgan fingerprint density at radius 3 is 2.19 bits per heavy atom. The van der Waals surface area contributed by atoms with Gasteiger partial charge in [0, 0.05) is 49.0 Å². The van der Waals surface area contributed by atoms with Crippen LogP contribution in [0, 0.1) is 0 Å². The van der Waals surface area contributed by atoms with Crippen LogP contribution in [0.4, 0.5) is 0 Å². The van der Waals surface area contributed by atoms with E-state index < -0.39 is 0 Å². The third-order valence-corrected chi connectivity index (χ3v) is 7.74. The van der Waals surface area contributed by atoms with Crippen molar-refractivity contribution in [2.75, 3.05) is 0 Å². The van der Waals surface area contributed by atoms with Crippen LogP contribution in [0.3, 0.4) is 0 Å². The van der Waals surface area contributed by atoms with Crippen LogP contribution in [0.25, 0.3) is 63.9 Å². The summed E-state index contributed by atoms with van der Waals surface area (Å²) in [6.07, 6.45) is 0. The molecule has 7 rings (SSSR count). The van der Waals surface area contributed by atoms with E-state index >= 15 is 0 Å². The number of aryl methyl sites for hydroxylation is 1. The summed E-state index contributed by atoms with van der Waals surface area (Å²) in [5.74, 6) is 0. The van der Waals surface area contributed by atoms with Crippen molar-refractivity contribution in [1.82, 2.24) is 4.57 Å². The van der Waals surface area contributed by atoms with Gasteiger partial charge in [-0.15, -0.1) is 11.3 Å². The van der Waals surface area contributed by atoms with Crippen molar-refractivity contribution < 1.29 is 0 Å². The Kier molecular flexibility index (Phi) is 3.42. The van der Waals surface area contributed by atoms with E-state index in [2.05, 4.69) is 109 Å². The second-order valence-corrected chi connectivity index (χ2v) is 9.36. The standard InChI is InChI=1S/C29H19NS/c1-30-25-14-12-19(16-24(25)29-21-7-3-2-6-18(21)11-15-26(29)30)20-10-13-23-22-8-4-5-9-27(22)31-28(23)17-20/h2-17H,1H3. The number of rotatable bonds is 1. The van der Waals surface area contributed by atoms with Crippen LogP contribution in [-0.2, 0) is 7.05 Å². The average molecular weight is 414 g/mol. The van der Waals surface area contributed by atoms with E-state index in [9.17, 15) is 0 Å². The molecule has 2 aromatic heterocycles. The topological polar surface area (TPSA) is 4.93 Å². The first-order valence-electron chi connectivity index (χ1n) is 10.6. The third-order valence-electron chi connectivity index (χ3n) is 6.61. The number of benzene rings is 5. The lowest BCUT2D eigenvalue weighted by Gasteiger charge is -2.04. The Morgan fingerprint density at radius 1 is 0.548 bits per heavy atom. The molecule has 146 valence electrons. The predicted molar refractivity (Wildman–Crippen MR) is 136 cm³/mol. The third kappa shape index (κ3) is 2.37. The first-order valence-corrected chi connectivity index (χ1v) is 11.4. The summed E-state index contributed by atoms with van der Waals surface area (Å²) in [5.41, 5.74) is 5.11. The zero-order valence-electron chi connectivity index (χ0n) is 17.1. The van der Waals surface area contributed by atoms with Crippen molar-refractivity contribution in [2.45, 2.75) is 0 Å². The van der Waals surface area contributed by atoms with E-state index in [1.807, 2.05) is 11.3 Å². The van der Waals surface area contributed by atoms with Crippen molar-refractivity contribution in [3.05, 3.63) is 97.1 Å². The number of nitrogens with zero attached hydrogens (tertiary/aromatic N) is 1. The average Bonchev–Trinajstić information content (AvgIpc) is 3.33. The van der Waals surface area contributed by atoms with E-state index in [0.29, 0.717) is 0 Å². The molecule has 0 spiro atoms. The van der Waals surface area contributed by atoms with Crippen molar-refractivity contribution in [3.63, 3.8) is 0 Å². The number of hydrogen-bond donors (Lipinski definition) is 0. The van der Waals surface area contributed by atoms with E-state index in [-0.39, 0.29) is 0 Å². The fourth-order valence-corrected chi connectivity index (χ4v) is 6.21. The number of hydrogen-bond acceptors (Lipinski definition) is 1. The molecule has 1 nitrogen and oxygen atoms in total. The highest BCUT2D eigenvalue weighted by Gasteiger charge is 2.13. The highest BCUT2D eigenvalue weighted by molar-refractivity contribution is 7.25. The zero-order valence-corrected chi connectivity index (χ0v) is 17.9. The fraction of sp³-hybridized carbons (Fsp3) is 0.0345. The quantitative estimate of drug-likeness (QED) is 0.254. The molecule has 2 heteroatoms. The molecule has 0 aliphatic carbocycles. The molecule has 7 aromatic rings. The van der Waals surface area contributed by atoms with E-state index in [0.717, 1.165) is 0 Å². The maximum absolute atomic E-state index is 2.37. The molecular formula is C29H19NS. The lowest BCUT2D eigenvalue weighted by molar-refractivity contribution is 1.01. The lowest BCUT2D eigenvalue weighted by Crippen LogP contribution is -1.86. The van der Waals surface area contributed by atoms with Crippen LogP contribution < -0.4 is 0 Å². The lowest BCUT2D eigenvalue weighted by atomic mass is 9.99. The maximum Gasteiger partial charge on any atom is 0.0495 e. The van der Waals surface area contributed by atoms with Gasteiger partial charge in [0.05, 0.1) is 0 Å². The van der Waals surface area contributed by atoms with Gasteiger partial charge in [0.15, 0.2) is 0 Å². The Balaban J connectivity index is 1.52. The van der Waals surface area contributed by atoms with E-state index in [1.54, 1.807) is 0 Å². The molecule has 0 amide bonds. The largest absolute Gasteiger partial charge is 0.344 e. The molecule has 0 saturated carbocycles. The highest BCUT2D eigenvalue weighted by atomic mass is 32.1. The molecule has 0 radical (unpaired) electrons. The van der Waals surface area contributed by atoms with Crippen LogP contribution in [0.1, 0.15) is 0 Å². The fourth-order valence-electron chi connectivity index (χ4n) is 5.07. The molecule has 0 aliphatic heterocycles. The molecule has 0 unspecified atom stereocenters. The highest BCUT2D eigenvalue weighted by Crippen LogP contribution is 2.39. The molecule has 5 aromatic carbocycles. The molecular weight excluding hydrogens is 394 g/mol. The van der Waals surface area contributed by atoms with E-state index in [4.69, 9.17) is 0 Å². The maximum atomic E-state index is 2.37. The van der Waals surface area contributed by atoms with Crippen molar-refractivity contribution in [1.29, 1.82) is 0 Å². The van der Waals surface area contributed by atoms with Crippen LogP contribution in [-0.4, -0.2) is 4.57 Å². The van der Waals surface area contributed by atoms with Gasteiger partial charge >= 0.3 is 0 Å². The molecule has 0 bridgehead atoms. The van der Waals surface area contributed by atoms with Gasteiger partial charge in [-0.2, -0.15) is 0 Å². The van der Waals surface area contributed by atoms with Crippen molar-refractivity contribution in [3.8, 4) is 11.1 Å². The monoisotopic (exact) mass is 413 g/mol. The summed E-state index contributed by atoms with van der Waals surface area (Å²) in [6, 6.07) is 35.7. The van der Waals surface area contributed by atoms with Gasteiger partial charge in [-0.05, 0) is 52.2 Å². The minimum atomic E-state index is 1.27. The summed E-state index contributed by atoms with van der Waals surface area (Å²) in [6.45, 7) is 0. The Labute approximate surface area is 183 Å². The van der Waals surface area contributed by atoms with Crippen LogP contribution in [0.2, 0.25) is 0 Å². The first kappa shape index (κ1) is 17.1. The minimum Gasteiger partial charge on any atom is -0.344 e. The summed E-state index contributed by atoms with van der Waals surface area (Å²) in [4.78, 5) is 0. The summed E-state index contributed by atoms with van der Waals surface area (Å²) < 4.78 is 5.02. The van der Waals surface area contributed by atoms with Gasteiger partial charge in [0.1, 0.15) is 0 Å². The second kappa shape index (κ2) is 6.19. The molecule has 31 heavy (non-hydrogen) atoms. The van der Waals surface area contributed by atoms with Crippen LogP contribution in [0.15, 0.2) is 97.1 Å². The summed E-state index contributed by atoms with van der Waals surface area (Å²) in [7, 11) is 2.17. The zero-order chi connectivity index (χ0) is 20.5. The molecule has 0 atom stereocenters. The summed E-state index contributed by atoms with van der Waals surface area (Å²) >= 11 is 1.88. The summed E-state index contributed by atoms with van der Waals surface area (Å²) in [5, 5.41) is 7.98. The second-order valence-electron chi connectivity index (χ2n) is 8.28. The molecule has 0 fully saturated rings. The van der Waals surface area contributed by atoms with Crippen LogP contribution in [0.5, 0.6) is 0 Å². The number of fused-ring (bicyclic) bond motifs is 8. The Morgan fingerprint density at radius 2 is 1.26 bits per heavy atom. The van der Waals surface area contributed by atoms with Crippen molar-refractivity contribution >= 4 is 64.1 Å². The van der Waals surface area contributed by atoms with E-state index in [1.165, 1.54) is 63.9 Å². The normalized spacial score (nSPS) is 12.0. The smallest absolute Gasteiger partial charge is 0.0495 e. The molecule has 2 heterocycles. The first-order chi connectivity index (χ1) is 15.3. The molecule has 0 saturated heterocycles. The van der Waals surface area contributed by atoms with Crippen molar-refractivity contribution in [2.24, 2.45) is 7.05 Å². The minimum absolute atomic E-state index is 1.27. The van der Waals surface area contributed by atoms with Gasteiger partial charge in [-0.25, -0.2) is 0 Å². The predicted octanol–water partition coefficient (Wildman–Crippen LogP) is 8.52. The Bertz CT molecular complexity index is 1800. The Hall–Kier alpha value is -3.62. The van der Waals surface area contributed by atoms with Gasteiger partial charge in [0.25, 0.3) is 0 Å².